The third-order valence-corrected chi connectivity index (χ3v) is 11.0. The number of aliphatic carboxylic acids is 1. The molecular weight excluding hydrogens is 733 g/mol. The molecule has 52 heavy (non-hydrogen) atoms. The van der Waals surface area contributed by atoms with Crippen LogP contribution in [-0.2, 0) is 14.3 Å². The number of benzene rings is 2. The maximum atomic E-state index is 14.0. The minimum absolute atomic E-state index is 0.125. The second-order valence-electron chi connectivity index (χ2n) is 12.8. The molecule has 17 heteroatoms. The van der Waals surface area contributed by atoms with Crippen molar-refractivity contribution in [2.24, 2.45) is 4.99 Å². The molecule has 0 spiro atoms. The number of hydrogen-bond acceptors (Lipinski definition) is 12. The highest BCUT2D eigenvalue weighted by molar-refractivity contribution is 7.14. The molecule has 0 radical (unpaired) electrons. The number of ether oxygens (including phenoxy) is 2. The first kappa shape index (κ1) is 35.5. The third-order valence-electron chi connectivity index (χ3n) is 9.00. The van der Waals surface area contributed by atoms with Crippen molar-refractivity contribution < 1.29 is 33.4 Å². The van der Waals surface area contributed by atoms with E-state index in [-0.39, 0.29) is 22.7 Å². The quantitative estimate of drug-likeness (QED) is 0.200. The lowest BCUT2D eigenvalue weighted by Gasteiger charge is -2.38. The maximum absolute atomic E-state index is 14.0. The molecule has 2 aromatic carbocycles. The number of esters is 1. The number of aliphatic imine (C=N–C) groups is 1. The van der Waals surface area contributed by atoms with E-state index >= 15 is 0 Å². The Bertz CT molecular complexity index is 2090. The third kappa shape index (κ3) is 6.98. The van der Waals surface area contributed by atoms with Gasteiger partial charge in [0.25, 0.3) is 0 Å². The Morgan fingerprint density at radius 3 is 2.62 bits per heavy atom. The second-order valence-corrected chi connectivity index (χ2v) is 15.0. The Balaban J connectivity index is 1.09. The first-order valence-corrected chi connectivity index (χ1v) is 18.4. The number of nitrogens with zero attached hydrogens (tertiary/aromatic N) is 6. The fraction of sp³-hybridized carbons (Fsp3) is 0.314. The largest absolute Gasteiger partial charge is 0.478 e. The predicted octanol–water partition coefficient (Wildman–Crippen LogP) is 5.45. The summed E-state index contributed by atoms with van der Waals surface area (Å²) in [4.78, 5) is 58.1. The van der Waals surface area contributed by atoms with Crippen molar-refractivity contribution in [3.8, 4) is 17.0 Å². The number of rotatable bonds is 10. The van der Waals surface area contributed by atoms with E-state index in [0.717, 1.165) is 5.56 Å². The van der Waals surface area contributed by atoms with E-state index in [9.17, 15) is 23.9 Å². The number of carbonyl (C=O) groups is 3. The number of anilines is 1. The molecule has 5 heterocycles. The standard InChI is InChI=1S/C35H33ClFN7O6S2/c1-35(2,32(46)47)50-22-7-4-19(5-8-22)26-18-52-33(40-26)44-16-21-15-42(11-12-43(21)34(44)48)17-25-27(31(45)49-3)28(23-9-6-20(37)14-24(23)36)41-29(39-25)30-38-10-13-51-30/h4-10,13-14,18,21,28H,11-12,15-17H2,1-3H3,(H,39,41)(H,46,47)/t21-,28-/m0/s1. The number of thiazole rings is 2. The molecule has 7 rings (SSSR count). The van der Waals surface area contributed by atoms with E-state index in [2.05, 4.69) is 15.2 Å². The topological polar surface area (TPSA) is 150 Å². The van der Waals surface area contributed by atoms with Crippen LogP contribution in [0.15, 0.2) is 75.7 Å². The number of piperazine rings is 1. The molecule has 2 amide bonds. The fourth-order valence-electron chi connectivity index (χ4n) is 6.32. The Morgan fingerprint density at radius 2 is 1.92 bits per heavy atom. The second kappa shape index (κ2) is 14.3. The molecule has 13 nitrogen and oxygen atoms in total. The Hall–Kier alpha value is -4.90. The summed E-state index contributed by atoms with van der Waals surface area (Å²) < 4.78 is 24.9. The number of hydrogen-bond donors (Lipinski definition) is 2. The summed E-state index contributed by atoms with van der Waals surface area (Å²) in [6.45, 7) is 5.24. The number of nitrogens with one attached hydrogen (secondary N) is 1. The number of amidine groups is 1. The summed E-state index contributed by atoms with van der Waals surface area (Å²) in [6.07, 6.45) is 1.66. The molecule has 4 aromatic rings. The summed E-state index contributed by atoms with van der Waals surface area (Å²) in [5.74, 6) is -1.30. The van der Waals surface area contributed by atoms with E-state index in [0.29, 0.717) is 71.4 Å². The first-order chi connectivity index (χ1) is 24.9. The van der Waals surface area contributed by atoms with Crippen LogP contribution < -0.4 is 15.0 Å². The molecule has 2 aromatic heterocycles. The molecule has 3 aliphatic heterocycles. The number of amides is 2. The highest BCUT2D eigenvalue weighted by atomic mass is 35.5. The summed E-state index contributed by atoms with van der Waals surface area (Å²) in [7, 11) is 1.30. The fourth-order valence-corrected chi connectivity index (χ4v) is 8.01. The monoisotopic (exact) mass is 765 g/mol. The number of carboxylic acids is 1. The van der Waals surface area contributed by atoms with Crippen LogP contribution in [0.5, 0.6) is 5.75 Å². The summed E-state index contributed by atoms with van der Waals surface area (Å²) in [6, 6.07) is 9.84. The van der Waals surface area contributed by atoms with Crippen LogP contribution in [-0.4, -0.2) is 100 Å². The van der Waals surface area contributed by atoms with Gasteiger partial charge in [0, 0.05) is 65.0 Å². The molecule has 270 valence electrons. The van der Waals surface area contributed by atoms with E-state index in [1.807, 2.05) is 15.7 Å². The Kier molecular flexibility index (Phi) is 9.73. The van der Waals surface area contributed by atoms with Gasteiger partial charge in [-0.3, -0.25) is 14.8 Å². The molecule has 0 unspecified atom stereocenters. The van der Waals surface area contributed by atoms with Gasteiger partial charge in [-0.15, -0.1) is 22.7 Å². The number of fused-ring (bicyclic) bond motifs is 1. The Morgan fingerprint density at radius 1 is 1.13 bits per heavy atom. The molecule has 0 saturated carbocycles. The van der Waals surface area contributed by atoms with Crippen molar-refractivity contribution in [2.75, 3.05) is 44.7 Å². The Labute approximate surface area is 311 Å². The van der Waals surface area contributed by atoms with Crippen LogP contribution in [0.2, 0.25) is 5.02 Å². The van der Waals surface area contributed by atoms with Crippen LogP contribution in [0, 0.1) is 5.82 Å². The van der Waals surface area contributed by atoms with Gasteiger partial charge in [-0.2, -0.15) is 0 Å². The first-order valence-electron chi connectivity index (χ1n) is 16.2. The lowest BCUT2D eigenvalue weighted by Crippen LogP contribution is -2.53. The number of urea groups is 1. The highest BCUT2D eigenvalue weighted by Crippen LogP contribution is 2.38. The minimum atomic E-state index is -1.37. The number of carbonyl (C=O) groups excluding carboxylic acids is 2. The van der Waals surface area contributed by atoms with Crippen LogP contribution >= 0.6 is 34.3 Å². The van der Waals surface area contributed by atoms with Crippen molar-refractivity contribution in [1.29, 1.82) is 0 Å². The van der Waals surface area contributed by atoms with Gasteiger partial charge in [-0.25, -0.2) is 28.7 Å². The van der Waals surface area contributed by atoms with Gasteiger partial charge in [-0.05, 0) is 50.2 Å². The van der Waals surface area contributed by atoms with Gasteiger partial charge >= 0.3 is 18.0 Å². The van der Waals surface area contributed by atoms with Crippen molar-refractivity contribution >= 4 is 63.2 Å². The smallest absolute Gasteiger partial charge is 0.347 e. The van der Waals surface area contributed by atoms with E-state index in [4.69, 9.17) is 31.1 Å². The van der Waals surface area contributed by atoms with Gasteiger partial charge in [0.15, 0.2) is 21.6 Å². The van der Waals surface area contributed by atoms with E-state index in [1.165, 1.54) is 61.8 Å². The zero-order valence-electron chi connectivity index (χ0n) is 28.2. The summed E-state index contributed by atoms with van der Waals surface area (Å²) >= 11 is 9.25. The van der Waals surface area contributed by atoms with Gasteiger partial charge in [0.1, 0.15) is 17.6 Å². The summed E-state index contributed by atoms with van der Waals surface area (Å²) in [5, 5.41) is 17.7. The van der Waals surface area contributed by atoms with Crippen molar-refractivity contribution in [2.45, 2.75) is 31.5 Å². The van der Waals surface area contributed by atoms with Crippen molar-refractivity contribution in [3.05, 3.63) is 92.1 Å². The van der Waals surface area contributed by atoms with Crippen LogP contribution in [0.25, 0.3) is 11.3 Å². The van der Waals surface area contributed by atoms with Crippen molar-refractivity contribution in [3.63, 3.8) is 0 Å². The molecular formula is C35H33ClFN7O6S2. The molecule has 2 atom stereocenters. The van der Waals surface area contributed by atoms with Gasteiger partial charge in [0.05, 0.1) is 31.0 Å². The van der Waals surface area contributed by atoms with Gasteiger partial charge < -0.3 is 24.8 Å². The number of methoxy groups -OCH3 is 1. The zero-order chi connectivity index (χ0) is 36.7. The normalized spacial score (nSPS) is 19.3. The number of halogens is 2. The minimum Gasteiger partial charge on any atom is -0.478 e. The predicted molar refractivity (Wildman–Crippen MR) is 195 cm³/mol. The van der Waals surface area contributed by atoms with E-state index < -0.39 is 29.4 Å². The lowest BCUT2D eigenvalue weighted by molar-refractivity contribution is -0.152. The number of carboxylic acid groups (broad SMARTS) is 1. The average molecular weight is 766 g/mol. The van der Waals surface area contributed by atoms with Crippen LogP contribution in [0.1, 0.15) is 30.5 Å². The van der Waals surface area contributed by atoms with E-state index in [1.54, 1.807) is 35.4 Å². The molecule has 0 bridgehead atoms. The maximum Gasteiger partial charge on any atom is 0.347 e. The lowest BCUT2D eigenvalue weighted by atomic mass is 9.95. The average Bonchev–Trinajstić information content (AvgIpc) is 3.89. The summed E-state index contributed by atoms with van der Waals surface area (Å²) in [5.41, 5.74) is 1.37. The molecule has 2 fully saturated rings. The number of aromatic nitrogens is 2. The van der Waals surface area contributed by atoms with Gasteiger partial charge in [0.2, 0.25) is 0 Å². The van der Waals surface area contributed by atoms with Gasteiger partial charge in [-0.1, -0.05) is 17.7 Å². The zero-order valence-corrected chi connectivity index (χ0v) is 30.6. The molecule has 3 aliphatic rings. The van der Waals surface area contributed by atoms with Crippen molar-refractivity contribution in [1.82, 2.24) is 25.1 Å². The van der Waals surface area contributed by atoms with Crippen LogP contribution in [0.3, 0.4) is 0 Å². The SMILES string of the molecule is COC(=O)C1=C(CN2CCN3C(=O)N(c4nc(-c5ccc(OC(C)(C)C(=O)O)cc5)cs4)C[C@@H]3C2)NC(c2nccs2)=N[C@H]1c1ccc(F)cc1Cl. The molecule has 0 aliphatic carbocycles. The van der Waals surface area contributed by atoms with Crippen LogP contribution in [0.4, 0.5) is 14.3 Å². The highest BCUT2D eigenvalue weighted by Gasteiger charge is 2.43. The molecule has 2 saturated heterocycles. The molecule has 2 N–H and O–H groups in total.